The van der Waals surface area contributed by atoms with Crippen molar-refractivity contribution in [2.45, 2.75) is 116 Å². The Balaban J connectivity index is 0.000000136. The van der Waals surface area contributed by atoms with Crippen LogP contribution in [0.4, 0.5) is 34.1 Å². The predicted molar refractivity (Wildman–Crippen MR) is 430 cm³/mol. The minimum absolute atomic E-state index is 0.0839. The van der Waals surface area contributed by atoms with Gasteiger partial charge in [0.25, 0.3) is 40.0 Å². The van der Waals surface area contributed by atoms with Gasteiger partial charge in [0.15, 0.2) is 17.3 Å². The molecule has 558 valence electrons. The number of carbonyl (C=O) groups excluding carboxylic acids is 6. The lowest BCUT2D eigenvalue weighted by Gasteiger charge is -2.28. The summed E-state index contributed by atoms with van der Waals surface area (Å²) in [6.07, 6.45) is 28.4. The van der Waals surface area contributed by atoms with E-state index >= 15 is 0 Å². The summed E-state index contributed by atoms with van der Waals surface area (Å²) in [5, 5.41) is 20.4. The quantitative estimate of drug-likeness (QED) is 0.0253. The van der Waals surface area contributed by atoms with Crippen LogP contribution in [0.3, 0.4) is 0 Å². The maximum absolute atomic E-state index is 12.7. The first-order valence-electron chi connectivity index (χ1n) is 37.5. The van der Waals surface area contributed by atoms with Crippen LogP contribution in [-0.4, -0.2) is 105 Å². The highest BCUT2D eigenvalue weighted by atomic mass is 16.4. The van der Waals surface area contributed by atoms with Crippen LogP contribution >= 0.6 is 0 Å². The largest absolute Gasteiger partial charge is 0.411 e. The highest BCUT2D eigenvalue weighted by molar-refractivity contribution is 6.08. The topological polar surface area (TPSA) is 312 Å². The van der Waals surface area contributed by atoms with Gasteiger partial charge in [-0.3, -0.25) is 47.9 Å². The van der Waals surface area contributed by atoms with Crippen LogP contribution < -0.4 is 52.9 Å². The molecule has 22 heteroatoms. The first kappa shape index (κ1) is 76.1. The molecule has 3 fully saturated rings. The maximum Gasteiger partial charge on any atom is 0.271 e. The van der Waals surface area contributed by atoms with Crippen LogP contribution in [0.5, 0.6) is 0 Å². The number of carbonyl (C=O) groups is 6. The number of rotatable bonds is 16. The van der Waals surface area contributed by atoms with Gasteiger partial charge in [0.1, 0.15) is 17.1 Å². The summed E-state index contributed by atoms with van der Waals surface area (Å²) in [7, 11) is 0. The molecule has 3 aliphatic carbocycles. The zero-order valence-corrected chi connectivity index (χ0v) is 60.8. The Labute approximate surface area is 630 Å². The van der Waals surface area contributed by atoms with Crippen LogP contribution in [0.25, 0.3) is 27.8 Å². The molecular weight excluding hydrogens is 1380 g/mol. The summed E-state index contributed by atoms with van der Waals surface area (Å²) < 4.78 is 0. The number of Topliss-reactive ketones (excluding diaryl/α,β-unsaturated/α-hetero) is 1. The van der Waals surface area contributed by atoms with Crippen molar-refractivity contribution in [1.82, 2.24) is 19.9 Å². The second kappa shape index (κ2) is 37.1. The zero-order valence-electron chi connectivity index (χ0n) is 60.8. The molecule has 109 heavy (non-hydrogen) atoms. The summed E-state index contributed by atoms with van der Waals surface area (Å²) in [6.45, 7) is 6.29. The number of hydrogen-bond donors (Lipinski definition) is 8. The smallest absolute Gasteiger partial charge is 0.271 e. The van der Waals surface area contributed by atoms with Crippen LogP contribution in [0.2, 0.25) is 0 Å². The SMILES string of the molecule is O=C(Cc1ccccc1)c1cc(-c2ccccc2)c[nH]c1=O.O=C(Nc1cc(C2=C/C(=N\O)CCC2)c[nH]c1=O)c1ccc(N2CCCCC2)cc1.O=C1C=C(c2c[nH]c(=O)c(NC(=O)c3ccc(N4CCCCC4)cc3)c2)CC1.O=C1C=C(c2c[nH]c(=O)c(NC(=O)c3ccc(N4CCCCC4)cc3)c2)CCC1. The molecule has 7 heterocycles. The highest BCUT2D eigenvalue weighted by Crippen LogP contribution is 2.31. The van der Waals surface area contributed by atoms with Gasteiger partial charge in [-0.15, -0.1) is 0 Å². The standard InChI is InChI=1S/C23H26N4O3.C23H25N3O3.C22H23N3O3.C19H15NO2/c28-22(16-7-9-20(10-8-16)27-11-2-1-3-12-27)25-21-14-18(15-24-23(21)29)17-5-4-6-19(13-17)26-30;27-20-6-4-5-17(13-20)18-14-21(23(29)24-15-18)25-22(28)16-7-9-19(10-8-16)26-11-2-1-3-12-26;26-19-9-6-16(12-19)17-13-20(22(28)23-14-17)24-21(27)15-4-7-18(8-5-15)25-10-2-1-3-11-25;21-18(11-14-7-3-1-4-8-14)17-12-16(13-20-19(17)22)15-9-5-2-6-10-15/h7-10,13-15,30H,1-6,11-12H2,(H,24,29)(H,25,28);7-10,13-15H,1-6,11-12H2,(H,24,29)(H,25,28);4-5,7-8,12-14H,1-3,6,9-11H2,(H,23,28)(H,24,27);1-10,12-13H,11H2,(H,20,22)/b26-19-;;;. The Kier molecular flexibility index (Phi) is 25.9. The number of nitrogens with zero attached hydrogens (tertiary/aromatic N) is 4. The summed E-state index contributed by atoms with van der Waals surface area (Å²) in [5.41, 5.74) is 12.5. The molecule has 5 aromatic carbocycles. The molecule has 15 rings (SSSR count). The van der Waals surface area contributed by atoms with E-state index in [1.807, 2.05) is 103 Å². The van der Waals surface area contributed by atoms with Crippen molar-refractivity contribution >= 4 is 91.6 Å². The van der Waals surface area contributed by atoms with Crippen LogP contribution in [0.1, 0.15) is 173 Å². The van der Waals surface area contributed by atoms with Gasteiger partial charge in [-0.25, -0.2) is 0 Å². The Hall–Kier alpha value is -12.6. The second-order valence-electron chi connectivity index (χ2n) is 27.9. The molecule has 0 radical (unpaired) electrons. The number of amides is 3. The molecule has 3 amide bonds. The third-order valence-electron chi connectivity index (χ3n) is 20.2. The van der Waals surface area contributed by atoms with E-state index in [0.29, 0.717) is 41.7 Å². The molecule has 6 aliphatic rings. The van der Waals surface area contributed by atoms with Gasteiger partial charge in [0, 0.05) is 117 Å². The number of oxime groups is 1. The number of hydrogen-bond acceptors (Lipinski definition) is 15. The fraction of sp³-hybridized carbons (Fsp3) is 0.276. The lowest BCUT2D eigenvalue weighted by atomic mass is 9.93. The van der Waals surface area contributed by atoms with Crippen molar-refractivity contribution in [3.63, 3.8) is 0 Å². The van der Waals surface area contributed by atoms with Crippen LogP contribution in [0, 0.1) is 0 Å². The number of H-pyrrole nitrogens is 4. The number of benzene rings is 5. The lowest BCUT2D eigenvalue weighted by molar-refractivity contribution is -0.115. The van der Waals surface area contributed by atoms with Gasteiger partial charge in [-0.05, 0) is 262 Å². The van der Waals surface area contributed by atoms with Crippen molar-refractivity contribution in [2.75, 3.05) is 69.9 Å². The number of nitrogens with one attached hydrogen (secondary N) is 7. The molecule has 9 aromatic rings. The first-order chi connectivity index (χ1) is 53.1. The average Bonchev–Trinajstić information content (AvgIpc) is 1.58. The minimum Gasteiger partial charge on any atom is -0.411 e. The van der Waals surface area contributed by atoms with E-state index in [4.69, 9.17) is 5.21 Å². The summed E-state index contributed by atoms with van der Waals surface area (Å²) in [4.78, 5) is 140. The van der Waals surface area contributed by atoms with Crippen molar-refractivity contribution in [3.05, 3.63) is 287 Å². The molecule has 0 unspecified atom stereocenters. The van der Waals surface area contributed by atoms with E-state index in [1.54, 1.807) is 97.6 Å². The third kappa shape index (κ3) is 20.7. The lowest BCUT2D eigenvalue weighted by Crippen LogP contribution is -2.29. The Morgan fingerprint density at radius 1 is 0.358 bits per heavy atom. The highest BCUT2D eigenvalue weighted by Gasteiger charge is 2.22. The number of aromatic nitrogens is 4. The molecule has 3 saturated heterocycles. The Bertz CT molecular complexity index is 5140. The number of allylic oxidation sites excluding steroid dienone is 6. The normalized spacial score (nSPS) is 15.9. The number of anilines is 6. The molecule has 0 atom stereocenters. The number of aromatic amines is 4. The van der Waals surface area contributed by atoms with E-state index in [0.717, 1.165) is 139 Å². The van der Waals surface area contributed by atoms with Gasteiger partial charge < -0.3 is 55.8 Å². The van der Waals surface area contributed by atoms with Crippen molar-refractivity contribution < 1.29 is 34.0 Å². The fourth-order valence-corrected chi connectivity index (χ4v) is 14.1. The Morgan fingerprint density at radius 2 is 0.725 bits per heavy atom. The molecule has 8 N–H and O–H groups in total. The van der Waals surface area contributed by atoms with E-state index in [9.17, 15) is 47.9 Å². The number of ketones is 3. The van der Waals surface area contributed by atoms with Gasteiger partial charge in [-0.1, -0.05) is 65.8 Å². The summed E-state index contributed by atoms with van der Waals surface area (Å²) >= 11 is 0. The molecular formula is C87H89N11O11. The predicted octanol–water partition coefficient (Wildman–Crippen LogP) is 14.6. The fourth-order valence-electron chi connectivity index (χ4n) is 14.1. The van der Waals surface area contributed by atoms with Gasteiger partial charge >= 0.3 is 0 Å². The number of pyridine rings is 4. The van der Waals surface area contributed by atoms with E-state index in [-0.39, 0.29) is 86.4 Å². The Morgan fingerprint density at radius 3 is 1.13 bits per heavy atom. The van der Waals surface area contributed by atoms with Gasteiger partial charge in [0.2, 0.25) is 0 Å². The van der Waals surface area contributed by atoms with Crippen LogP contribution in [-0.2, 0) is 16.0 Å². The number of piperidine rings is 3. The molecule has 0 bridgehead atoms. The minimum atomic E-state index is -0.369. The third-order valence-corrected chi connectivity index (χ3v) is 20.2. The van der Waals surface area contributed by atoms with Crippen LogP contribution in [0.15, 0.2) is 225 Å². The second-order valence-corrected chi connectivity index (χ2v) is 27.9. The van der Waals surface area contributed by atoms with Crippen molar-refractivity contribution in [2.24, 2.45) is 5.16 Å². The summed E-state index contributed by atoms with van der Waals surface area (Å²) in [5.74, 6) is -0.975. The summed E-state index contributed by atoms with van der Waals surface area (Å²) in [6, 6.07) is 48.2. The zero-order chi connectivity index (χ0) is 76.0. The molecule has 22 nitrogen and oxygen atoms in total. The average molecular weight is 1460 g/mol. The first-order valence-corrected chi connectivity index (χ1v) is 37.5. The van der Waals surface area contributed by atoms with E-state index in [2.05, 4.69) is 55.7 Å². The van der Waals surface area contributed by atoms with E-state index in [1.165, 1.54) is 57.8 Å². The monoisotopic (exact) mass is 1460 g/mol. The molecule has 3 aliphatic heterocycles. The molecule has 4 aromatic heterocycles. The maximum atomic E-state index is 12.7. The van der Waals surface area contributed by atoms with Crippen molar-refractivity contribution in [1.29, 1.82) is 0 Å². The molecule has 0 saturated carbocycles. The van der Waals surface area contributed by atoms with Crippen molar-refractivity contribution in [3.8, 4) is 11.1 Å². The van der Waals surface area contributed by atoms with E-state index < -0.39 is 0 Å². The van der Waals surface area contributed by atoms with Gasteiger partial charge in [-0.2, -0.15) is 0 Å². The van der Waals surface area contributed by atoms with Gasteiger partial charge in [0.05, 0.1) is 11.3 Å². The molecule has 0 spiro atoms.